The highest BCUT2D eigenvalue weighted by Gasteiger charge is 2.15. The van der Waals surface area contributed by atoms with E-state index in [9.17, 15) is 4.79 Å². The molecule has 1 unspecified atom stereocenters. The molecule has 0 saturated heterocycles. The maximum atomic E-state index is 11.2. The van der Waals surface area contributed by atoms with Gasteiger partial charge in [-0.3, -0.25) is 4.79 Å². The van der Waals surface area contributed by atoms with Gasteiger partial charge in [-0.15, -0.1) is 0 Å². The molecular weight excluding hydrogens is 228 g/mol. The van der Waals surface area contributed by atoms with Crippen molar-refractivity contribution in [2.45, 2.75) is 13.8 Å². The van der Waals surface area contributed by atoms with E-state index < -0.39 is 5.91 Å². The van der Waals surface area contributed by atoms with Crippen molar-refractivity contribution < 1.29 is 4.79 Å². The molecular formula is C13H18N4O. The van der Waals surface area contributed by atoms with Crippen molar-refractivity contribution in [1.29, 1.82) is 5.26 Å². The lowest BCUT2D eigenvalue weighted by atomic mass is 10.1. The quantitative estimate of drug-likeness (QED) is 0.766. The number of hydrogen-bond donors (Lipinski definition) is 2. The fourth-order valence-corrected chi connectivity index (χ4v) is 1.81. The molecule has 5 nitrogen and oxygen atoms in total. The number of nitrogens with two attached hydrogens (primary N) is 2. The summed E-state index contributed by atoms with van der Waals surface area (Å²) < 4.78 is 0. The molecule has 0 saturated carbocycles. The van der Waals surface area contributed by atoms with Crippen molar-refractivity contribution >= 4 is 17.3 Å². The minimum atomic E-state index is -0.543. The lowest BCUT2D eigenvalue weighted by Crippen LogP contribution is -2.29. The predicted molar refractivity (Wildman–Crippen MR) is 72.0 cm³/mol. The molecule has 0 bridgehead atoms. The van der Waals surface area contributed by atoms with Crippen LogP contribution < -0.4 is 16.4 Å². The van der Waals surface area contributed by atoms with Gasteiger partial charge in [0.1, 0.15) is 0 Å². The summed E-state index contributed by atoms with van der Waals surface area (Å²) in [6, 6.07) is 7.35. The number of carbonyl (C=O) groups is 1. The van der Waals surface area contributed by atoms with Crippen molar-refractivity contribution in [1.82, 2.24) is 0 Å². The molecule has 0 aliphatic rings. The summed E-state index contributed by atoms with van der Waals surface area (Å²) in [5, 5.41) is 8.86. The van der Waals surface area contributed by atoms with Crippen LogP contribution in [0.1, 0.15) is 24.2 Å². The molecule has 0 spiro atoms. The normalized spacial score (nSPS) is 11.6. The zero-order chi connectivity index (χ0) is 13.7. The second-order valence-electron chi connectivity index (χ2n) is 4.17. The van der Waals surface area contributed by atoms with Crippen LogP contribution in [0, 0.1) is 17.2 Å². The molecule has 1 aromatic rings. The average molecular weight is 246 g/mol. The van der Waals surface area contributed by atoms with Crippen LogP contribution in [-0.4, -0.2) is 19.0 Å². The van der Waals surface area contributed by atoms with Crippen LogP contribution in [0.3, 0.4) is 0 Å². The Bertz CT molecular complexity index is 478. The third-order valence-corrected chi connectivity index (χ3v) is 2.79. The van der Waals surface area contributed by atoms with Crippen molar-refractivity contribution in [2.24, 2.45) is 11.7 Å². The van der Waals surface area contributed by atoms with Crippen LogP contribution in [-0.2, 0) is 0 Å². The van der Waals surface area contributed by atoms with Gasteiger partial charge in [0.25, 0.3) is 5.91 Å². The van der Waals surface area contributed by atoms with E-state index in [0.717, 1.165) is 5.69 Å². The number of anilines is 2. The third-order valence-electron chi connectivity index (χ3n) is 2.79. The molecule has 0 heterocycles. The summed E-state index contributed by atoms with van der Waals surface area (Å²) in [6.45, 7) is 5.09. The number of benzene rings is 1. The Kier molecular flexibility index (Phi) is 4.55. The van der Waals surface area contributed by atoms with Gasteiger partial charge in [-0.2, -0.15) is 5.26 Å². The van der Waals surface area contributed by atoms with Gasteiger partial charge in [0.2, 0.25) is 0 Å². The van der Waals surface area contributed by atoms with Crippen LogP contribution in [0.4, 0.5) is 11.4 Å². The van der Waals surface area contributed by atoms with Crippen LogP contribution in [0.5, 0.6) is 0 Å². The van der Waals surface area contributed by atoms with Crippen molar-refractivity contribution in [3.05, 3.63) is 23.8 Å². The van der Waals surface area contributed by atoms with Crippen molar-refractivity contribution in [3.63, 3.8) is 0 Å². The van der Waals surface area contributed by atoms with Crippen LogP contribution in [0.25, 0.3) is 0 Å². The van der Waals surface area contributed by atoms with Crippen LogP contribution in [0.2, 0.25) is 0 Å². The average Bonchev–Trinajstić information content (AvgIpc) is 2.35. The van der Waals surface area contributed by atoms with Crippen LogP contribution in [0.15, 0.2) is 18.2 Å². The lowest BCUT2D eigenvalue weighted by Gasteiger charge is -2.26. The lowest BCUT2D eigenvalue weighted by molar-refractivity contribution is 0.100. The summed E-state index contributed by atoms with van der Waals surface area (Å²) >= 11 is 0. The summed E-state index contributed by atoms with van der Waals surface area (Å²) in [6.07, 6.45) is 0. The minimum absolute atomic E-state index is 0.110. The Morgan fingerprint density at radius 1 is 1.56 bits per heavy atom. The molecule has 0 radical (unpaired) electrons. The first-order valence-corrected chi connectivity index (χ1v) is 5.84. The molecule has 96 valence electrons. The van der Waals surface area contributed by atoms with Gasteiger partial charge in [-0.1, -0.05) is 6.07 Å². The van der Waals surface area contributed by atoms with Gasteiger partial charge < -0.3 is 16.4 Å². The number of nitrogens with zero attached hydrogens (tertiary/aromatic N) is 2. The fourth-order valence-electron chi connectivity index (χ4n) is 1.81. The number of rotatable bonds is 5. The van der Waals surface area contributed by atoms with Gasteiger partial charge in [0.05, 0.1) is 28.9 Å². The van der Waals surface area contributed by atoms with E-state index in [0.29, 0.717) is 24.3 Å². The SMILES string of the molecule is CCN(CC(C)C#N)c1cccc(C(N)=O)c1N. The predicted octanol–water partition coefficient (Wildman–Crippen LogP) is 1.35. The standard InChI is InChI=1S/C13H18N4O/c1-3-17(8-9(2)7-14)11-6-4-5-10(12(11)15)13(16)18/h4-6,9H,3,8,15H2,1-2H3,(H2,16,18). The first-order valence-electron chi connectivity index (χ1n) is 5.84. The van der Waals surface area contributed by atoms with E-state index in [1.165, 1.54) is 0 Å². The molecule has 0 aliphatic carbocycles. The number of primary amides is 1. The third kappa shape index (κ3) is 2.92. The van der Waals surface area contributed by atoms with Gasteiger partial charge >= 0.3 is 0 Å². The molecule has 0 aliphatic heterocycles. The number of nitrogen functional groups attached to an aromatic ring is 1. The Morgan fingerprint density at radius 2 is 2.22 bits per heavy atom. The largest absolute Gasteiger partial charge is 0.396 e. The number of carbonyl (C=O) groups excluding carboxylic acids is 1. The second-order valence-corrected chi connectivity index (χ2v) is 4.17. The number of hydrogen-bond acceptors (Lipinski definition) is 4. The second kappa shape index (κ2) is 5.92. The topological polar surface area (TPSA) is 96.1 Å². The van der Waals surface area contributed by atoms with E-state index >= 15 is 0 Å². The number of nitriles is 1. The highest BCUT2D eigenvalue weighted by atomic mass is 16.1. The van der Waals surface area contributed by atoms with Gasteiger partial charge in [0, 0.05) is 13.1 Å². The Hall–Kier alpha value is -2.22. The number of para-hydroxylation sites is 1. The van der Waals surface area contributed by atoms with E-state index in [1.807, 2.05) is 24.8 Å². The zero-order valence-electron chi connectivity index (χ0n) is 10.7. The van der Waals surface area contributed by atoms with Crippen LogP contribution >= 0.6 is 0 Å². The molecule has 0 aromatic heterocycles. The summed E-state index contributed by atoms with van der Waals surface area (Å²) in [7, 11) is 0. The molecule has 0 fully saturated rings. The number of amides is 1. The Labute approximate surface area is 107 Å². The van der Waals surface area contributed by atoms with Crippen molar-refractivity contribution in [2.75, 3.05) is 23.7 Å². The molecule has 1 rings (SSSR count). The molecule has 18 heavy (non-hydrogen) atoms. The highest BCUT2D eigenvalue weighted by molar-refractivity contribution is 6.00. The monoisotopic (exact) mass is 246 g/mol. The van der Waals surface area contributed by atoms with Crippen molar-refractivity contribution in [3.8, 4) is 6.07 Å². The highest BCUT2D eigenvalue weighted by Crippen LogP contribution is 2.27. The molecule has 1 amide bonds. The Morgan fingerprint density at radius 3 is 2.72 bits per heavy atom. The smallest absolute Gasteiger partial charge is 0.250 e. The minimum Gasteiger partial charge on any atom is -0.396 e. The van der Waals surface area contributed by atoms with E-state index in [2.05, 4.69) is 6.07 Å². The summed E-state index contributed by atoms with van der Waals surface area (Å²) in [4.78, 5) is 13.2. The van der Waals surface area contributed by atoms with E-state index in [-0.39, 0.29) is 5.92 Å². The van der Waals surface area contributed by atoms with Gasteiger partial charge in [-0.05, 0) is 26.0 Å². The summed E-state index contributed by atoms with van der Waals surface area (Å²) in [5.74, 6) is -0.652. The zero-order valence-corrected chi connectivity index (χ0v) is 10.7. The maximum Gasteiger partial charge on any atom is 0.250 e. The Balaban J connectivity index is 3.11. The fraction of sp³-hybridized carbons (Fsp3) is 0.385. The molecule has 4 N–H and O–H groups in total. The first kappa shape index (κ1) is 13.8. The molecule has 1 aromatic carbocycles. The van der Waals surface area contributed by atoms with Gasteiger partial charge in [0.15, 0.2) is 0 Å². The van der Waals surface area contributed by atoms with Gasteiger partial charge in [-0.25, -0.2) is 0 Å². The first-order chi connectivity index (χ1) is 8.51. The summed E-state index contributed by atoms with van der Waals surface area (Å²) in [5.41, 5.74) is 12.6. The maximum absolute atomic E-state index is 11.2. The molecule has 5 heteroatoms. The van der Waals surface area contributed by atoms with E-state index in [1.54, 1.807) is 12.1 Å². The van der Waals surface area contributed by atoms with E-state index in [4.69, 9.17) is 16.7 Å². The molecule has 1 atom stereocenters.